The molecule has 0 saturated carbocycles. The molecule has 5 rings (SSSR count). The van der Waals surface area contributed by atoms with Crippen LogP contribution in [0.5, 0.6) is 5.75 Å². The van der Waals surface area contributed by atoms with E-state index >= 15 is 0 Å². The molecule has 2 aliphatic rings. The molecule has 3 N–H and O–H groups in total. The van der Waals surface area contributed by atoms with Gasteiger partial charge in [-0.1, -0.05) is 56.3 Å². The summed E-state index contributed by atoms with van der Waals surface area (Å²) in [6.07, 6.45) is 0. The van der Waals surface area contributed by atoms with Gasteiger partial charge in [-0.15, -0.1) is 0 Å². The van der Waals surface area contributed by atoms with Crippen molar-refractivity contribution in [3.05, 3.63) is 98.1 Å². The molecule has 0 saturated heterocycles. The number of aliphatic hydroxyl groups is 1. The van der Waals surface area contributed by atoms with E-state index in [1.54, 1.807) is 44.2 Å². The van der Waals surface area contributed by atoms with Gasteiger partial charge in [0, 0.05) is 22.9 Å². The minimum Gasteiger partial charge on any atom is -0.454 e. The number of hydrogen-bond donors (Lipinski definition) is 3. The first-order valence-electron chi connectivity index (χ1n) is 12.0. The fraction of sp³-hybridized carbons (Fsp3) is 0.250. The molecule has 2 amide bonds. The van der Waals surface area contributed by atoms with E-state index in [-0.39, 0.29) is 28.4 Å². The average Bonchev–Trinajstić information content (AvgIpc) is 3.22. The van der Waals surface area contributed by atoms with E-state index < -0.39 is 39.5 Å². The number of para-hydroxylation sites is 1. The lowest BCUT2D eigenvalue weighted by Crippen LogP contribution is -2.61. The van der Waals surface area contributed by atoms with Crippen molar-refractivity contribution in [1.29, 1.82) is 0 Å². The zero-order valence-electron chi connectivity index (χ0n) is 21.1. The molecule has 0 spiro atoms. The van der Waals surface area contributed by atoms with Crippen LogP contribution in [0.3, 0.4) is 0 Å². The second-order valence-electron chi connectivity index (χ2n) is 9.87. The molecule has 0 aromatic heterocycles. The van der Waals surface area contributed by atoms with Crippen LogP contribution in [0, 0.1) is 24.0 Å². The number of nitro benzene ring substituents is 1. The first kappa shape index (κ1) is 25.1. The lowest BCUT2D eigenvalue weighted by atomic mass is 9.82. The van der Waals surface area contributed by atoms with Crippen LogP contribution < -0.4 is 15.4 Å². The van der Waals surface area contributed by atoms with Crippen molar-refractivity contribution in [2.75, 3.05) is 5.32 Å². The highest BCUT2D eigenvalue weighted by Gasteiger charge is 2.73. The quantitative estimate of drug-likeness (QED) is 0.272. The predicted molar refractivity (Wildman–Crippen MR) is 137 cm³/mol. The monoisotopic (exact) mass is 515 g/mol. The van der Waals surface area contributed by atoms with Gasteiger partial charge in [0.1, 0.15) is 11.3 Å². The highest BCUT2D eigenvalue weighted by Crippen LogP contribution is 2.60. The van der Waals surface area contributed by atoms with Crippen molar-refractivity contribution in [2.24, 2.45) is 0 Å². The Kier molecular flexibility index (Phi) is 5.61. The Morgan fingerprint density at radius 3 is 2.32 bits per heavy atom. The molecular formula is C28H25N3O7. The summed E-state index contributed by atoms with van der Waals surface area (Å²) < 4.78 is 5.92. The van der Waals surface area contributed by atoms with E-state index in [9.17, 15) is 29.6 Å². The molecule has 1 aliphatic heterocycles. The fourth-order valence-electron chi connectivity index (χ4n) is 5.28. The van der Waals surface area contributed by atoms with Crippen molar-refractivity contribution in [3.8, 4) is 5.75 Å². The number of hydrogen-bond acceptors (Lipinski definition) is 7. The number of carbonyl (C=O) groups excluding carboxylic acids is 3. The average molecular weight is 516 g/mol. The Labute approximate surface area is 217 Å². The minimum absolute atomic E-state index is 0.0602. The van der Waals surface area contributed by atoms with Gasteiger partial charge in [0.15, 0.2) is 0 Å². The number of aryl methyl sites for hydroxylation is 2. The first-order chi connectivity index (χ1) is 17.9. The molecule has 10 heteroatoms. The Hall–Kier alpha value is -4.57. The normalized spacial score (nSPS) is 20.8. The van der Waals surface area contributed by atoms with Gasteiger partial charge in [0.25, 0.3) is 11.5 Å². The molecule has 3 aromatic rings. The van der Waals surface area contributed by atoms with E-state index in [1.165, 1.54) is 18.2 Å². The van der Waals surface area contributed by atoms with Gasteiger partial charge in [0.05, 0.1) is 4.92 Å². The van der Waals surface area contributed by atoms with Crippen LogP contribution >= 0.6 is 0 Å². The zero-order valence-corrected chi connectivity index (χ0v) is 21.1. The number of carbonyl (C=O) groups is 3. The van der Waals surface area contributed by atoms with Crippen LogP contribution in [-0.2, 0) is 20.9 Å². The number of amides is 2. The summed E-state index contributed by atoms with van der Waals surface area (Å²) in [5.74, 6) is -5.67. The lowest BCUT2D eigenvalue weighted by molar-refractivity contribution is -0.388. The molecule has 0 bridgehead atoms. The molecule has 2 atom stereocenters. The number of anilines is 1. The van der Waals surface area contributed by atoms with E-state index in [4.69, 9.17) is 4.74 Å². The molecular weight excluding hydrogens is 490 g/mol. The third-order valence-corrected chi connectivity index (χ3v) is 7.23. The highest BCUT2D eigenvalue weighted by atomic mass is 16.6. The maximum atomic E-state index is 14.0. The van der Waals surface area contributed by atoms with Crippen LogP contribution in [-0.4, -0.2) is 27.6 Å². The summed E-state index contributed by atoms with van der Waals surface area (Å²) in [4.78, 5) is 51.5. The van der Waals surface area contributed by atoms with Crippen molar-refractivity contribution >= 4 is 29.0 Å². The van der Waals surface area contributed by atoms with Gasteiger partial charge in [-0.05, 0) is 42.5 Å². The molecule has 0 fully saturated rings. The van der Waals surface area contributed by atoms with Crippen LogP contribution in [0.2, 0.25) is 0 Å². The molecule has 1 aliphatic carbocycles. The number of nitro groups is 1. The molecule has 194 valence electrons. The van der Waals surface area contributed by atoms with Crippen molar-refractivity contribution < 1.29 is 29.2 Å². The maximum absolute atomic E-state index is 14.0. The SMILES string of the molecule is Cc1cccc(C)c1NC(=O)C(=O)NC12C(=O)c3cccc([N+](=O)[O-])c3C1(O)Oc1cc(C(C)C)ccc12. The Balaban J connectivity index is 1.65. The van der Waals surface area contributed by atoms with Crippen molar-refractivity contribution in [2.45, 2.75) is 44.9 Å². The molecule has 10 nitrogen and oxygen atoms in total. The Bertz CT molecular complexity index is 1540. The summed E-state index contributed by atoms with van der Waals surface area (Å²) >= 11 is 0. The second kappa shape index (κ2) is 8.49. The smallest absolute Gasteiger partial charge is 0.313 e. The summed E-state index contributed by atoms with van der Waals surface area (Å²) in [5, 5.41) is 28.9. The standard InChI is InChI=1S/C28H25N3O7/c1-14(2)17-11-12-19-21(13-17)38-28(35)22-18(9-6-10-20(22)31(36)37)24(32)27(19,28)30-26(34)25(33)29-23-15(3)7-5-8-16(23)4/h5-14,35H,1-4H3,(H,29,33)(H,30,34). The molecule has 3 aromatic carbocycles. The summed E-state index contributed by atoms with van der Waals surface area (Å²) in [7, 11) is 0. The minimum atomic E-state index is -2.67. The number of nitrogens with one attached hydrogen (secondary N) is 2. The summed E-state index contributed by atoms with van der Waals surface area (Å²) in [5.41, 5.74) is -0.670. The maximum Gasteiger partial charge on any atom is 0.313 e. The number of rotatable bonds is 4. The van der Waals surface area contributed by atoms with Crippen molar-refractivity contribution in [3.63, 3.8) is 0 Å². The van der Waals surface area contributed by atoms with Crippen LogP contribution in [0.15, 0.2) is 54.6 Å². The zero-order chi connectivity index (χ0) is 27.6. The van der Waals surface area contributed by atoms with Crippen LogP contribution in [0.4, 0.5) is 11.4 Å². The summed E-state index contributed by atoms with van der Waals surface area (Å²) in [6, 6.07) is 14.0. The van der Waals surface area contributed by atoms with Gasteiger partial charge in [-0.3, -0.25) is 24.5 Å². The van der Waals surface area contributed by atoms with Crippen molar-refractivity contribution in [1.82, 2.24) is 5.32 Å². The lowest BCUT2D eigenvalue weighted by Gasteiger charge is -2.33. The van der Waals surface area contributed by atoms with Gasteiger partial charge in [0.2, 0.25) is 11.3 Å². The van der Waals surface area contributed by atoms with Crippen LogP contribution in [0.1, 0.15) is 57.9 Å². The van der Waals surface area contributed by atoms with E-state index in [0.29, 0.717) is 5.69 Å². The third-order valence-electron chi connectivity index (χ3n) is 7.23. The highest BCUT2D eigenvalue weighted by molar-refractivity contribution is 6.40. The van der Waals surface area contributed by atoms with Gasteiger partial charge in [-0.2, -0.15) is 0 Å². The largest absolute Gasteiger partial charge is 0.454 e. The van der Waals surface area contributed by atoms with E-state index in [0.717, 1.165) is 22.8 Å². The van der Waals surface area contributed by atoms with Gasteiger partial charge in [-0.25, -0.2) is 0 Å². The van der Waals surface area contributed by atoms with Gasteiger partial charge >= 0.3 is 11.8 Å². The molecule has 0 radical (unpaired) electrons. The predicted octanol–water partition coefficient (Wildman–Crippen LogP) is 3.72. The number of ketones is 1. The van der Waals surface area contributed by atoms with Crippen LogP contribution in [0.25, 0.3) is 0 Å². The fourth-order valence-corrected chi connectivity index (χ4v) is 5.28. The first-order valence-corrected chi connectivity index (χ1v) is 12.0. The number of Topliss-reactive ketones (excluding diaryl/α,β-unsaturated/α-hetero) is 1. The van der Waals surface area contributed by atoms with E-state index in [2.05, 4.69) is 10.6 Å². The molecule has 2 unspecified atom stereocenters. The Morgan fingerprint density at radius 2 is 1.68 bits per heavy atom. The van der Waals surface area contributed by atoms with E-state index in [1.807, 2.05) is 13.8 Å². The summed E-state index contributed by atoms with van der Waals surface area (Å²) in [6.45, 7) is 7.41. The number of ether oxygens (including phenoxy) is 1. The van der Waals surface area contributed by atoms with Gasteiger partial charge < -0.3 is 20.5 Å². The molecule has 38 heavy (non-hydrogen) atoms. The second-order valence-corrected chi connectivity index (χ2v) is 9.87. The Morgan fingerprint density at radius 1 is 1.03 bits per heavy atom. The topological polar surface area (TPSA) is 148 Å². The number of nitrogens with zero attached hydrogens (tertiary/aromatic N) is 1. The third kappa shape index (κ3) is 3.33. The number of benzene rings is 3. The molecule has 1 heterocycles. The number of fused-ring (bicyclic) bond motifs is 5.